The number of rotatable bonds is 8. The highest BCUT2D eigenvalue weighted by atomic mass is 16.1. The van der Waals surface area contributed by atoms with Crippen LogP contribution in [0.15, 0.2) is 42.7 Å². The fourth-order valence-corrected chi connectivity index (χ4v) is 3.15. The number of benzene rings is 1. The summed E-state index contributed by atoms with van der Waals surface area (Å²) in [4.78, 5) is 12.2. The van der Waals surface area contributed by atoms with Gasteiger partial charge in [0.25, 0.3) is 0 Å². The molecule has 3 rings (SSSR count). The molecule has 0 bridgehead atoms. The summed E-state index contributed by atoms with van der Waals surface area (Å²) in [7, 11) is 0. The van der Waals surface area contributed by atoms with Gasteiger partial charge in [-0.05, 0) is 44.7 Å². The molecule has 1 aliphatic rings. The van der Waals surface area contributed by atoms with Crippen molar-refractivity contribution in [2.24, 2.45) is 0 Å². The second-order valence-corrected chi connectivity index (χ2v) is 7.33. The van der Waals surface area contributed by atoms with E-state index in [0.717, 1.165) is 24.9 Å². The summed E-state index contributed by atoms with van der Waals surface area (Å²) in [5, 5.41) is 10.8. The van der Waals surface area contributed by atoms with Gasteiger partial charge in [-0.2, -0.15) is 5.10 Å². The Bertz CT molecular complexity index is 705. The Kier molecular flexibility index (Phi) is 5.23. The summed E-state index contributed by atoms with van der Waals surface area (Å²) in [6.07, 6.45) is 6.18. The van der Waals surface area contributed by atoms with Gasteiger partial charge in [-0.25, -0.2) is 0 Å². The molecular formula is C20H28N4O. The average molecular weight is 340 g/mol. The van der Waals surface area contributed by atoms with Crippen molar-refractivity contribution in [3.8, 4) is 0 Å². The number of carbonyl (C=O) groups excluding carboxylic acids is 1. The molecule has 25 heavy (non-hydrogen) atoms. The van der Waals surface area contributed by atoms with E-state index < -0.39 is 0 Å². The van der Waals surface area contributed by atoms with E-state index in [4.69, 9.17) is 0 Å². The Balaban J connectivity index is 1.44. The molecule has 0 radical (unpaired) electrons. The van der Waals surface area contributed by atoms with E-state index in [1.165, 1.54) is 5.56 Å². The Hall–Kier alpha value is -2.14. The predicted molar refractivity (Wildman–Crippen MR) is 99.5 cm³/mol. The van der Waals surface area contributed by atoms with Crippen LogP contribution in [0.4, 0.5) is 0 Å². The standard InChI is InChI=1S/C20H28N4O/c1-15-11-23-24(13-15)17(3)16(2)21-12-19(25)22-14-20(9-10-20)18-7-5-4-6-8-18/h4-8,11,13,16-17,21H,9-10,12,14H2,1-3H3,(H,22,25)/t16-,17-/m1/s1. The lowest BCUT2D eigenvalue weighted by Crippen LogP contribution is -2.43. The largest absolute Gasteiger partial charge is 0.354 e. The highest BCUT2D eigenvalue weighted by Gasteiger charge is 2.44. The van der Waals surface area contributed by atoms with Gasteiger partial charge in [0.15, 0.2) is 0 Å². The van der Waals surface area contributed by atoms with Crippen LogP contribution in [0.1, 0.15) is 43.9 Å². The molecule has 5 heteroatoms. The Morgan fingerprint density at radius 2 is 2.00 bits per heavy atom. The van der Waals surface area contributed by atoms with E-state index in [9.17, 15) is 4.79 Å². The topological polar surface area (TPSA) is 59.0 Å². The van der Waals surface area contributed by atoms with Gasteiger partial charge >= 0.3 is 0 Å². The van der Waals surface area contributed by atoms with Gasteiger partial charge in [-0.3, -0.25) is 9.48 Å². The molecule has 2 atom stereocenters. The molecule has 134 valence electrons. The fourth-order valence-electron chi connectivity index (χ4n) is 3.15. The molecule has 5 nitrogen and oxygen atoms in total. The minimum absolute atomic E-state index is 0.0536. The van der Waals surface area contributed by atoms with Crippen LogP contribution in [0.2, 0.25) is 0 Å². The van der Waals surface area contributed by atoms with Crippen molar-refractivity contribution in [3.05, 3.63) is 53.9 Å². The van der Waals surface area contributed by atoms with Crippen LogP contribution in [0, 0.1) is 6.92 Å². The number of hydrogen-bond donors (Lipinski definition) is 2. The molecule has 0 aliphatic heterocycles. The van der Waals surface area contributed by atoms with Crippen molar-refractivity contribution >= 4 is 5.91 Å². The van der Waals surface area contributed by atoms with Crippen molar-refractivity contribution in [3.63, 3.8) is 0 Å². The van der Waals surface area contributed by atoms with Crippen LogP contribution in [-0.2, 0) is 10.2 Å². The quantitative estimate of drug-likeness (QED) is 0.776. The average Bonchev–Trinajstić information content (AvgIpc) is 3.31. The van der Waals surface area contributed by atoms with Gasteiger partial charge in [0, 0.05) is 24.2 Å². The lowest BCUT2D eigenvalue weighted by atomic mass is 9.96. The zero-order valence-corrected chi connectivity index (χ0v) is 15.3. The Morgan fingerprint density at radius 1 is 1.28 bits per heavy atom. The minimum atomic E-state index is 0.0536. The third-order valence-corrected chi connectivity index (χ3v) is 5.32. The second kappa shape index (κ2) is 7.40. The monoisotopic (exact) mass is 340 g/mol. The molecule has 0 saturated heterocycles. The molecule has 2 N–H and O–H groups in total. The number of aromatic nitrogens is 2. The van der Waals surface area contributed by atoms with E-state index in [1.54, 1.807) is 0 Å². The summed E-state index contributed by atoms with van der Waals surface area (Å²) >= 11 is 0. The summed E-state index contributed by atoms with van der Waals surface area (Å²) in [5.41, 5.74) is 2.63. The van der Waals surface area contributed by atoms with E-state index in [0.29, 0.717) is 6.54 Å². The first-order chi connectivity index (χ1) is 12.0. The third-order valence-electron chi connectivity index (χ3n) is 5.32. The van der Waals surface area contributed by atoms with Gasteiger partial charge in [0.2, 0.25) is 5.91 Å². The van der Waals surface area contributed by atoms with Crippen molar-refractivity contribution in [1.29, 1.82) is 0 Å². The van der Waals surface area contributed by atoms with Gasteiger partial charge in [0.05, 0.1) is 18.8 Å². The minimum Gasteiger partial charge on any atom is -0.354 e. The number of carbonyl (C=O) groups is 1. The molecule has 1 fully saturated rings. The molecule has 2 aromatic rings. The van der Waals surface area contributed by atoms with Gasteiger partial charge in [0.1, 0.15) is 0 Å². The van der Waals surface area contributed by atoms with E-state index >= 15 is 0 Å². The number of hydrogen-bond acceptors (Lipinski definition) is 3. The third kappa shape index (κ3) is 4.28. The van der Waals surface area contributed by atoms with E-state index in [-0.39, 0.29) is 23.4 Å². The maximum atomic E-state index is 12.2. The molecule has 1 heterocycles. The van der Waals surface area contributed by atoms with Crippen LogP contribution in [0.25, 0.3) is 0 Å². The zero-order chi connectivity index (χ0) is 17.9. The molecule has 0 unspecified atom stereocenters. The Labute approximate surface area is 149 Å². The van der Waals surface area contributed by atoms with Gasteiger partial charge in [-0.1, -0.05) is 30.3 Å². The summed E-state index contributed by atoms with van der Waals surface area (Å²) in [6.45, 7) is 7.27. The highest BCUT2D eigenvalue weighted by molar-refractivity contribution is 5.78. The number of nitrogens with zero attached hydrogens (tertiary/aromatic N) is 2. The van der Waals surface area contributed by atoms with Crippen molar-refractivity contribution in [2.45, 2.75) is 51.1 Å². The Morgan fingerprint density at radius 3 is 2.60 bits per heavy atom. The molecule has 1 saturated carbocycles. The molecule has 1 aliphatic carbocycles. The van der Waals surface area contributed by atoms with Crippen molar-refractivity contribution < 1.29 is 4.79 Å². The lowest BCUT2D eigenvalue weighted by Gasteiger charge is -2.22. The van der Waals surface area contributed by atoms with E-state index in [2.05, 4.69) is 53.8 Å². The van der Waals surface area contributed by atoms with Crippen LogP contribution in [0.3, 0.4) is 0 Å². The molecular weight excluding hydrogens is 312 g/mol. The zero-order valence-electron chi connectivity index (χ0n) is 15.3. The van der Waals surface area contributed by atoms with Crippen LogP contribution >= 0.6 is 0 Å². The fraction of sp³-hybridized carbons (Fsp3) is 0.500. The smallest absolute Gasteiger partial charge is 0.233 e. The first kappa shape index (κ1) is 17.7. The maximum Gasteiger partial charge on any atom is 0.233 e. The van der Waals surface area contributed by atoms with Crippen LogP contribution in [0.5, 0.6) is 0 Å². The molecule has 1 aromatic carbocycles. The lowest BCUT2D eigenvalue weighted by molar-refractivity contribution is -0.120. The van der Waals surface area contributed by atoms with Gasteiger partial charge in [-0.15, -0.1) is 0 Å². The summed E-state index contributed by atoms with van der Waals surface area (Å²) < 4.78 is 1.94. The molecule has 1 aromatic heterocycles. The van der Waals surface area contributed by atoms with E-state index in [1.807, 2.05) is 30.1 Å². The predicted octanol–water partition coefficient (Wildman–Crippen LogP) is 2.58. The number of nitrogens with one attached hydrogen (secondary N) is 2. The van der Waals surface area contributed by atoms with Crippen LogP contribution < -0.4 is 10.6 Å². The van der Waals surface area contributed by atoms with Gasteiger partial charge < -0.3 is 10.6 Å². The number of amides is 1. The molecule has 1 amide bonds. The van der Waals surface area contributed by atoms with Crippen molar-refractivity contribution in [2.75, 3.05) is 13.1 Å². The highest BCUT2D eigenvalue weighted by Crippen LogP contribution is 2.47. The maximum absolute atomic E-state index is 12.2. The summed E-state index contributed by atoms with van der Waals surface area (Å²) in [6, 6.07) is 10.8. The van der Waals surface area contributed by atoms with Crippen LogP contribution in [-0.4, -0.2) is 34.8 Å². The van der Waals surface area contributed by atoms with Crippen molar-refractivity contribution in [1.82, 2.24) is 20.4 Å². The first-order valence-electron chi connectivity index (χ1n) is 9.06. The normalized spacial score (nSPS) is 17.7. The number of aryl methyl sites for hydroxylation is 1. The second-order valence-electron chi connectivity index (χ2n) is 7.33. The summed E-state index contributed by atoms with van der Waals surface area (Å²) in [5.74, 6) is 0.0536. The SMILES string of the molecule is Cc1cnn([C@H](C)[C@@H](C)NCC(=O)NCC2(c3ccccc3)CC2)c1. The first-order valence-corrected chi connectivity index (χ1v) is 9.06. The molecule has 0 spiro atoms.